The highest BCUT2D eigenvalue weighted by Crippen LogP contribution is 2.36. The lowest BCUT2D eigenvalue weighted by molar-refractivity contribution is -0.117. The van der Waals surface area contributed by atoms with E-state index in [1.165, 1.54) is 11.8 Å². The molecule has 2 atom stereocenters. The summed E-state index contributed by atoms with van der Waals surface area (Å²) in [5.41, 5.74) is 1.12. The molecule has 3 rings (SSSR count). The number of carbonyl (C=O) groups is 1. The van der Waals surface area contributed by atoms with Crippen LogP contribution in [0.1, 0.15) is 12.0 Å². The van der Waals surface area contributed by atoms with Crippen LogP contribution in [-0.4, -0.2) is 54.2 Å². The molecule has 2 unspecified atom stereocenters. The van der Waals surface area contributed by atoms with Crippen molar-refractivity contribution in [1.82, 2.24) is 4.90 Å². The first-order chi connectivity index (χ1) is 10.4. The number of carbonyl (C=O) groups excluding carboxylic acids is 1. The number of hydrogen-bond donors (Lipinski definition) is 0. The maximum atomic E-state index is 12.0. The number of aliphatic imine (C=N–C) groups is 1. The van der Waals surface area contributed by atoms with Crippen molar-refractivity contribution >= 4 is 32.7 Å². The van der Waals surface area contributed by atoms with Gasteiger partial charge in [-0.3, -0.25) is 4.79 Å². The first-order valence-electron chi connectivity index (χ1n) is 7.20. The highest BCUT2D eigenvalue weighted by Gasteiger charge is 2.47. The van der Waals surface area contributed by atoms with Crippen molar-refractivity contribution in [1.29, 1.82) is 0 Å². The van der Waals surface area contributed by atoms with E-state index in [-0.39, 0.29) is 28.7 Å². The van der Waals surface area contributed by atoms with Crippen LogP contribution < -0.4 is 0 Å². The van der Waals surface area contributed by atoms with E-state index in [0.29, 0.717) is 18.0 Å². The van der Waals surface area contributed by atoms with Crippen LogP contribution in [0, 0.1) is 0 Å². The fraction of sp³-hybridized carbons (Fsp3) is 0.467. The predicted octanol–water partition coefficient (Wildman–Crippen LogP) is 1.35. The second kappa shape index (κ2) is 6.04. The Morgan fingerprint density at radius 3 is 2.73 bits per heavy atom. The van der Waals surface area contributed by atoms with Crippen LogP contribution in [0.25, 0.3) is 0 Å². The zero-order valence-electron chi connectivity index (χ0n) is 12.3. The molecule has 0 saturated carbocycles. The SMILES string of the molecule is CN1C(=NC(=O)CCc2ccccc2)SC2CS(=O)(=O)CC21. The number of amidine groups is 1. The summed E-state index contributed by atoms with van der Waals surface area (Å²) in [5.74, 6) is 0.198. The van der Waals surface area contributed by atoms with Crippen LogP contribution in [0.3, 0.4) is 0 Å². The molecule has 118 valence electrons. The van der Waals surface area contributed by atoms with Gasteiger partial charge in [0, 0.05) is 18.7 Å². The summed E-state index contributed by atoms with van der Waals surface area (Å²) in [6, 6.07) is 9.79. The Morgan fingerprint density at radius 1 is 1.32 bits per heavy atom. The monoisotopic (exact) mass is 338 g/mol. The fourth-order valence-corrected chi connectivity index (χ4v) is 6.81. The Labute approximate surface area is 134 Å². The van der Waals surface area contributed by atoms with Crippen LogP contribution in [0.4, 0.5) is 0 Å². The largest absolute Gasteiger partial charge is 0.349 e. The number of nitrogens with zero attached hydrogens (tertiary/aromatic N) is 2. The Morgan fingerprint density at radius 2 is 2.05 bits per heavy atom. The molecule has 1 aromatic carbocycles. The molecule has 22 heavy (non-hydrogen) atoms. The van der Waals surface area contributed by atoms with Gasteiger partial charge < -0.3 is 4.90 Å². The van der Waals surface area contributed by atoms with Gasteiger partial charge in [0.15, 0.2) is 15.0 Å². The molecule has 2 aliphatic rings. The molecule has 0 aliphatic carbocycles. The number of amides is 1. The van der Waals surface area contributed by atoms with Crippen molar-refractivity contribution in [3.05, 3.63) is 35.9 Å². The molecule has 0 aromatic heterocycles. The van der Waals surface area contributed by atoms with Gasteiger partial charge in [-0.15, -0.1) is 0 Å². The quantitative estimate of drug-likeness (QED) is 0.832. The second-order valence-corrected chi connectivity index (χ2v) is 9.05. The molecular formula is C15H18N2O3S2. The first-order valence-corrected chi connectivity index (χ1v) is 9.90. The predicted molar refractivity (Wildman–Crippen MR) is 88.8 cm³/mol. The molecule has 1 aromatic rings. The number of benzene rings is 1. The van der Waals surface area contributed by atoms with E-state index < -0.39 is 9.84 Å². The summed E-state index contributed by atoms with van der Waals surface area (Å²) < 4.78 is 23.3. The fourth-order valence-electron chi connectivity index (χ4n) is 2.79. The van der Waals surface area contributed by atoms with Crippen LogP contribution in [0.15, 0.2) is 35.3 Å². The number of sulfone groups is 1. The topological polar surface area (TPSA) is 66.8 Å². The maximum Gasteiger partial charge on any atom is 0.248 e. The van der Waals surface area contributed by atoms with Crippen LogP contribution in [-0.2, 0) is 21.1 Å². The lowest BCUT2D eigenvalue weighted by Crippen LogP contribution is -2.34. The van der Waals surface area contributed by atoms with E-state index in [1.54, 1.807) is 0 Å². The van der Waals surface area contributed by atoms with Crippen molar-refractivity contribution in [2.75, 3.05) is 18.6 Å². The highest BCUT2D eigenvalue weighted by molar-refractivity contribution is 8.15. The molecule has 0 spiro atoms. The number of aryl methyl sites for hydroxylation is 1. The van der Waals surface area contributed by atoms with E-state index in [0.717, 1.165) is 5.56 Å². The standard InChI is InChI=1S/C15H18N2O3S2/c1-17-12-9-22(19,20)10-13(12)21-15(17)16-14(18)8-7-11-5-3-2-4-6-11/h2-6,12-13H,7-10H2,1H3. The van der Waals surface area contributed by atoms with E-state index in [9.17, 15) is 13.2 Å². The molecule has 1 amide bonds. The Bertz CT molecular complexity index is 701. The summed E-state index contributed by atoms with van der Waals surface area (Å²) in [7, 11) is -1.12. The zero-order chi connectivity index (χ0) is 15.7. The Balaban J connectivity index is 1.60. The molecule has 0 N–H and O–H groups in total. The smallest absolute Gasteiger partial charge is 0.248 e. The van der Waals surface area contributed by atoms with E-state index in [4.69, 9.17) is 0 Å². The van der Waals surface area contributed by atoms with Gasteiger partial charge in [-0.2, -0.15) is 4.99 Å². The third-order valence-corrected chi connectivity index (χ3v) is 7.32. The van der Waals surface area contributed by atoms with Gasteiger partial charge in [0.1, 0.15) is 0 Å². The number of rotatable bonds is 3. The van der Waals surface area contributed by atoms with Crippen molar-refractivity contribution in [3.8, 4) is 0 Å². The minimum absolute atomic E-state index is 0.00988. The van der Waals surface area contributed by atoms with Crippen molar-refractivity contribution < 1.29 is 13.2 Å². The number of thioether (sulfide) groups is 1. The van der Waals surface area contributed by atoms with Crippen molar-refractivity contribution in [2.24, 2.45) is 4.99 Å². The number of hydrogen-bond acceptors (Lipinski definition) is 4. The second-order valence-electron chi connectivity index (χ2n) is 5.69. The van der Waals surface area contributed by atoms with Gasteiger partial charge >= 0.3 is 0 Å². The van der Waals surface area contributed by atoms with Crippen molar-refractivity contribution in [2.45, 2.75) is 24.1 Å². The van der Waals surface area contributed by atoms with E-state index in [2.05, 4.69) is 4.99 Å². The minimum Gasteiger partial charge on any atom is -0.349 e. The Kier molecular flexibility index (Phi) is 4.27. The van der Waals surface area contributed by atoms with E-state index in [1.807, 2.05) is 42.3 Å². The molecule has 2 fully saturated rings. The Hall–Kier alpha value is -1.34. The summed E-state index contributed by atoms with van der Waals surface area (Å²) in [4.78, 5) is 18.0. The highest BCUT2D eigenvalue weighted by atomic mass is 32.2. The van der Waals surface area contributed by atoms with Crippen LogP contribution in [0.2, 0.25) is 0 Å². The molecule has 2 saturated heterocycles. The molecule has 0 bridgehead atoms. The first kappa shape index (κ1) is 15.6. The average Bonchev–Trinajstić information content (AvgIpc) is 2.92. The summed E-state index contributed by atoms with van der Waals surface area (Å²) in [5, 5.41) is 0.665. The van der Waals surface area contributed by atoms with Gasteiger partial charge in [-0.25, -0.2) is 8.42 Å². The van der Waals surface area contributed by atoms with Gasteiger partial charge in [-0.1, -0.05) is 42.1 Å². The van der Waals surface area contributed by atoms with E-state index >= 15 is 0 Å². The molecule has 2 heterocycles. The summed E-state index contributed by atoms with van der Waals surface area (Å²) in [6.45, 7) is 0. The number of fused-ring (bicyclic) bond motifs is 1. The van der Waals surface area contributed by atoms with Gasteiger partial charge in [0.05, 0.1) is 17.5 Å². The summed E-state index contributed by atoms with van der Waals surface area (Å²) in [6.07, 6.45) is 1.04. The summed E-state index contributed by atoms with van der Waals surface area (Å²) >= 11 is 1.42. The zero-order valence-corrected chi connectivity index (χ0v) is 13.9. The molecule has 0 radical (unpaired) electrons. The minimum atomic E-state index is -2.94. The van der Waals surface area contributed by atoms with Crippen LogP contribution >= 0.6 is 11.8 Å². The molecule has 7 heteroatoms. The van der Waals surface area contributed by atoms with Crippen molar-refractivity contribution in [3.63, 3.8) is 0 Å². The maximum absolute atomic E-state index is 12.0. The molecular weight excluding hydrogens is 320 g/mol. The molecule has 5 nitrogen and oxygen atoms in total. The lowest BCUT2D eigenvalue weighted by Gasteiger charge is -2.17. The van der Waals surface area contributed by atoms with Crippen LogP contribution in [0.5, 0.6) is 0 Å². The lowest BCUT2D eigenvalue weighted by atomic mass is 10.1. The normalized spacial score (nSPS) is 28.0. The molecule has 2 aliphatic heterocycles. The third-order valence-electron chi connectivity index (χ3n) is 4.02. The van der Waals surface area contributed by atoms with Gasteiger partial charge in [-0.05, 0) is 12.0 Å². The third kappa shape index (κ3) is 3.35. The average molecular weight is 338 g/mol. The van der Waals surface area contributed by atoms with Gasteiger partial charge in [0.2, 0.25) is 5.91 Å². The van der Waals surface area contributed by atoms with Gasteiger partial charge in [0.25, 0.3) is 0 Å².